The number of carbonyl (C=O) groups is 1. The van der Waals surface area contributed by atoms with Crippen LogP contribution in [0.4, 0.5) is 0 Å². The summed E-state index contributed by atoms with van der Waals surface area (Å²) in [5.41, 5.74) is 0. The molecule has 1 heterocycles. The predicted molar refractivity (Wildman–Crippen MR) is 68.3 cm³/mol. The summed E-state index contributed by atoms with van der Waals surface area (Å²) in [7, 11) is -2.05. The van der Waals surface area contributed by atoms with Crippen LogP contribution in [0.25, 0.3) is 0 Å². The fourth-order valence-corrected chi connectivity index (χ4v) is 3.99. The third-order valence-electron chi connectivity index (χ3n) is 3.63. The molecular weight excluding hydrogens is 256 g/mol. The molecule has 1 saturated heterocycles. The molecular formula is C11H22N2O4S. The van der Waals surface area contributed by atoms with Crippen LogP contribution in [-0.2, 0) is 15.0 Å². The third-order valence-corrected chi connectivity index (χ3v) is 5.89. The molecule has 0 saturated carbocycles. The van der Waals surface area contributed by atoms with Gasteiger partial charge >= 0.3 is 5.97 Å². The fraction of sp³-hybridized carbons (Fsp3) is 0.909. The minimum atomic E-state index is -3.57. The van der Waals surface area contributed by atoms with Crippen LogP contribution in [0.2, 0.25) is 0 Å². The van der Waals surface area contributed by atoms with E-state index in [1.165, 1.54) is 15.7 Å². The molecule has 1 fully saturated rings. The molecule has 1 aliphatic heterocycles. The van der Waals surface area contributed by atoms with E-state index in [-0.39, 0.29) is 6.04 Å². The first-order chi connectivity index (χ1) is 8.19. The van der Waals surface area contributed by atoms with Gasteiger partial charge in [0.1, 0.15) is 0 Å². The van der Waals surface area contributed by atoms with Crippen molar-refractivity contribution in [3.05, 3.63) is 0 Å². The van der Waals surface area contributed by atoms with Gasteiger partial charge in [-0.3, -0.25) is 4.79 Å². The van der Waals surface area contributed by atoms with E-state index in [0.29, 0.717) is 19.4 Å². The van der Waals surface area contributed by atoms with Crippen molar-refractivity contribution in [3.8, 4) is 0 Å². The smallest absolute Gasteiger partial charge is 0.308 e. The van der Waals surface area contributed by atoms with Gasteiger partial charge in [0.15, 0.2) is 0 Å². The number of nitrogens with zero attached hydrogens (tertiary/aromatic N) is 2. The summed E-state index contributed by atoms with van der Waals surface area (Å²) < 4.78 is 27.3. The molecule has 1 rings (SSSR count). The first-order valence-corrected chi connectivity index (χ1v) is 7.57. The lowest BCUT2D eigenvalue weighted by Crippen LogP contribution is -2.54. The molecule has 0 bridgehead atoms. The van der Waals surface area contributed by atoms with Crippen molar-refractivity contribution in [2.75, 3.05) is 13.6 Å². The average Bonchev–Trinajstić information content (AvgIpc) is 2.27. The number of hydrogen-bond acceptors (Lipinski definition) is 3. The molecule has 2 atom stereocenters. The Morgan fingerprint density at radius 2 is 2.00 bits per heavy atom. The van der Waals surface area contributed by atoms with Crippen LogP contribution in [0.15, 0.2) is 0 Å². The number of carboxylic acids is 1. The molecule has 0 aliphatic carbocycles. The monoisotopic (exact) mass is 278 g/mol. The summed E-state index contributed by atoms with van der Waals surface area (Å²) in [4.78, 5) is 11.1. The summed E-state index contributed by atoms with van der Waals surface area (Å²) in [5, 5.41) is 9.10. The molecule has 1 aliphatic rings. The van der Waals surface area contributed by atoms with E-state index in [9.17, 15) is 13.2 Å². The van der Waals surface area contributed by atoms with Crippen molar-refractivity contribution < 1.29 is 18.3 Å². The lowest BCUT2D eigenvalue weighted by Gasteiger charge is -2.39. The van der Waals surface area contributed by atoms with Gasteiger partial charge in [0, 0.05) is 25.7 Å². The Balaban J connectivity index is 2.98. The van der Waals surface area contributed by atoms with Gasteiger partial charge < -0.3 is 5.11 Å². The van der Waals surface area contributed by atoms with Crippen molar-refractivity contribution in [2.24, 2.45) is 5.92 Å². The summed E-state index contributed by atoms with van der Waals surface area (Å²) in [6.07, 6.45) is 1.13. The van der Waals surface area contributed by atoms with Crippen LogP contribution < -0.4 is 0 Å². The van der Waals surface area contributed by atoms with Crippen LogP contribution in [0, 0.1) is 5.92 Å². The maximum absolute atomic E-state index is 12.4. The van der Waals surface area contributed by atoms with Crippen molar-refractivity contribution in [3.63, 3.8) is 0 Å². The lowest BCUT2D eigenvalue weighted by atomic mass is 9.92. The number of hydrogen-bond donors (Lipinski definition) is 1. The number of rotatable bonds is 4. The molecule has 0 aromatic heterocycles. The van der Waals surface area contributed by atoms with Gasteiger partial charge in [-0.1, -0.05) is 0 Å². The summed E-state index contributed by atoms with van der Waals surface area (Å²) >= 11 is 0. The van der Waals surface area contributed by atoms with E-state index in [1.807, 2.05) is 0 Å². The highest BCUT2D eigenvalue weighted by Gasteiger charge is 2.40. The molecule has 1 N–H and O–H groups in total. The lowest BCUT2D eigenvalue weighted by molar-refractivity contribution is -0.144. The Labute approximate surface area is 109 Å². The standard InChI is InChI=1S/C11H22N2O4S/c1-8(2)12(4)18(16,17)13-7-5-6-10(9(13)3)11(14)15/h8-10H,5-7H2,1-4H3,(H,14,15)/t9-,10-/m0/s1. The van der Waals surface area contributed by atoms with E-state index >= 15 is 0 Å². The molecule has 0 unspecified atom stereocenters. The third kappa shape index (κ3) is 2.84. The molecule has 0 amide bonds. The normalized spacial score (nSPS) is 26.8. The molecule has 0 aromatic rings. The minimum absolute atomic E-state index is 0.146. The summed E-state index contributed by atoms with van der Waals surface area (Å²) in [5.74, 6) is -1.54. The van der Waals surface area contributed by atoms with Crippen LogP contribution in [0.1, 0.15) is 33.6 Å². The van der Waals surface area contributed by atoms with Crippen LogP contribution >= 0.6 is 0 Å². The summed E-state index contributed by atoms with van der Waals surface area (Å²) in [6.45, 7) is 5.65. The van der Waals surface area contributed by atoms with E-state index < -0.39 is 28.1 Å². The van der Waals surface area contributed by atoms with Gasteiger partial charge in [0.05, 0.1) is 5.92 Å². The van der Waals surface area contributed by atoms with Gasteiger partial charge in [-0.05, 0) is 33.6 Å². The second kappa shape index (κ2) is 5.54. The van der Waals surface area contributed by atoms with Crippen LogP contribution in [0.3, 0.4) is 0 Å². The molecule has 7 heteroatoms. The van der Waals surface area contributed by atoms with Gasteiger partial charge in [-0.15, -0.1) is 0 Å². The van der Waals surface area contributed by atoms with E-state index in [0.717, 1.165) is 0 Å². The first-order valence-electron chi connectivity index (χ1n) is 6.17. The largest absolute Gasteiger partial charge is 0.481 e. The average molecular weight is 278 g/mol. The van der Waals surface area contributed by atoms with Crippen molar-refractivity contribution in [1.82, 2.24) is 8.61 Å². The molecule has 0 radical (unpaired) electrons. The van der Waals surface area contributed by atoms with Gasteiger partial charge in [-0.2, -0.15) is 17.0 Å². The zero-order valence-corrected chi connectivity index (χ0v) is 12.1. The fourth-order valence-electron chi connectivity index (χ4n) is 2.20. The number of piperidine rings is 1. The Kier molecular flexibility index (Phi) is 4.74. The Morgan fingerprint density at radius 3 is 2.44 bits per heavy atom. The quantitative estimate of drug-likeness (QED) is 0.823. The molecule has 0 aromatic carbocycles. The first kappa shape index (κ1) is 15.4. The zero-order chi connectivity index (χ0) is 14.1. The Hall–Kier alpha value is -0.660. The number of carboxylic acid groups (broad SMARTS) is 1. The van der Waals surface area contributed by atoms with Crippen LogP contribution in [0.5, 0.6) is 0 Å². The Morgan fingerprint density at radius 1 is 1.44 bits per heavy atom. The highest BCUT2D eigenvalue weighted by Crippen LogP contribution is 2.27. The molecule has 0 spiro atoms. The van der Waals surface area contributed by atoms with Crippen molar-refractivity contribution in [2.45, 2.75) is 45.7 Å². The van der Waals surface area contributed by atoms with Gasteiger partial charge in [-0.25, -0.2) is 0 Å². The van der Waals surface area contributed by atoms with Gasteiger partial charge in [0.25, 0.3) is 10.2 Å². The molecule has 18 heavy (non-hydrogen) atoms. The maximum atomic E-state index is 12.4. The van der Waals surface area contributed by atoms with Crippen molar-refractivity contribution in [1.29, 1.82) is 0 Å². The highest BCUT2D eigenvalue weighted by atomic mass is 32.2. The minimum Gasteiger partial charge on any atom is -0.481 e. The SMILES string of the molecule is CC(C)N(C)S(=O)(=O)N1CCC[C@H](C(=O)O)[C@@H]1C. The van der Waals surface area contributed by atoms with E-state index in [1.54, 1.807) is 20.8 Å². The predicted octanol–water partition coefficient (Wildman–Crippen LogP) is 0.756. The topological polar surface area (TPSA) is 77.9 Å². The summed E-state index contributed by atoms with van der Waals surface area (Å²) in [6, 6.07) is -0.644. The number of aliphatic carboxylic acids is 1. The van der Waals surface area contributed by atoms with Crippen LogP contribution in [-0.4, -0.2) is 53.8 Å². The molecule has 106 valence electrons. The Bertz CT molecular complexity index is 407. The van der Waals surface area contributed by atoms with E-state index in [4.69, 9.17) is 5.11 Å². The highest BCUT2D eigenvalue weighted by molar-refractivity contribution is 7.86. The second-order valence-electron chi connectivity index (χ2n) is 5.06. The van der Waals surface area contributed by atoms with Gasteiger partial charge in [0.2, 0.25) is 0 Å². The second-order valence-corrected chi connectivity index (χ2v) is 7.00. The maximum Gasteiger partial charge on any atom is 0.308 e. The molecule has 6 nitrogen and oxygen atoms in total. The van der Waals surface area contributed by atoms with Crippen molar-refractivity contribution >= 4 is 16.2 Å². The van der Waals surface area contributed by atoms with E-state index in [2.05, 4.69) is 0 Å². The zero-order valence-electron chi connectivity index (χ0n) is 11.3.